The number of piperidine rings is 1. The number of rotatable bonds is 36. The molecule has 0 unspecified atom stereocenters. The molecule has 2 aliphatic heterocycles. The third kappa shape index (κ3) is 108. The van der Waals surface area contributed by atoms with Crippen molar-refractivity contribution in [2.75, 3.05) is 116 Å². The van der Waals surface area contributed by atoms with Crippen LogP contribution >= 0.6 is 0 Å². The molecule has 0 aromatic carbocycles. The Kier molecular flexibility index (Phi) is 96.7. The number of aromatic nitrogens is 3. The molecule has 5 rings (SSSR count). The van der Waals surface area contributed by atoms with Crippen LogP contribution in [0, 0.1) is 77.6 Å². The van der Waals surface area contributed by atoms with Crippen LogP contribution in [0.3, 0.4) is 0 Å². The highest BCUT2D eigenvalue weighted by Gasteiger charge is 2.19. The smallest absolute Gasteiger partial charge is 0.311 e. The normalized spacial score (nSPS) is 12.5. The van der Waals surface area contributed by atoms with E-state index in [1.807, 2.05) is 285 Å². The Labute approximate surface area is 895 Å². The highest BCUT2D eigenvalue weighted by atomic mass is 16.2. The number of piperazine rings is 1. The summed E-state index contributed by atoms with van der Waals surface area (Å²) in [6, 6.07) is 13.2. The van der Waals surface area contributed by atoms with E-state index in [1.165, 1.54) is 37.5 Å². The molecule has 148 heavy (non-hydrogen) atoms. The van der Waals surface area contributed by atoms with Crippen LogP contribution in [0.15, 0.2) is 219 Å². The molecule has 0 bridgehead atoms. The molecule has 2 saturated heterocycles. The van der Waals surface area contributed by atoms with Gasteiger partial charge in [0.2, 0.25) is 65.0 Å². The van der Waals surface area contributed by atoms with E-state index in [0.717, 1.165) is 64.6 Å². The van der Waals surface area contributed by atoms with E-state index in [9.17, 15) is 57.5 Å². The number of anilines is 3. The second-order valence-corrected chi connectivity index (χ2v) is 39.7. The van der Waals surface area contributed by atoms with Crippen LogP contribution in [0.1, 0.15) is 248 Å². The molecule has 3 aromatic rings. The van der Waals surface area contributed by atoms with Gasteiger partial charge in [0.1, 0.15) is 5.82 Å². The summed E-state index contributed by atoms with van der Waals surface area (Å²) in [5.74, 6) is 5.43. The van der Waals surface area contributed by atoms with Crippen molar-refractivity contribution in [3.63, 3.8) is 0 Å². The van der Waals surface area contributed by atoms with Gasteiger partial charge < -0.3 is 66.6 Å². The van der Waals surface area contributed by atoms with Crippen molar-refractivity contribution in [2.24, 2.45) is 71.0 Å². The molecule has 30 nitrogen and oxygen atoms in total. The summed E-state index contributed by atoms with van der Waals surface area (Å²) in [5.41, 5.74) is 3.44. The van der Waals surface area contributed by atoms with Gasteiger partial charge in [-0.05, 0) is 282 Å². The summed E-state index contributed by atoms with van der Waals surface area (Å²) in [7, 11) is 7.67. The molecule has 832 valence electrons. The van der Waals surface area contributed by atoms with E-state index < -0.39 is 0 Å². The first-order chi connectivity index (χ1) is 69.3. The fraction of sp³-hybridized carbons (Fsp3) is 0.559. The zero-order chi connectivity index (χ0) is 115. The highest BCUT2D eigenvalue weighted by Crippen LogP contribution is 2.13. The van der Waals surface area contributed by atoms with Crippen molar-refractivity contribution in [1.82, 2.24) is 71.0 Å². The van der Waals surface area contributed by atoms with Crippen LogP contribution in [0.5, 0.6) is 0 Å². The van der Waals surface area contributed by atoms with Gasteiger partial charge in [-0.25, -0.2) is 4.98 Å². The quantitative estimate of drug-likeness (QED) is 0.0152. The number of hydrogen-bond donors (Lipinski definition) is 8. The van der Waals surface area contributed by atoms with Gasteiger partial charge in [-0.15, -0.1) is 0 Å². The molecule has 0 radical (unpaired) electrons. The maximum atomic E-state index is 11.8. The van der Waals surface area contributed by atoms with Crippen molar-refractivity contribution in [2.45, 2.75) is 266 Å². The summed E-state index contributed by atoms with van der Waals surface area (Å²) in [4.78, 5) is 160. The second kappa shape index (κ2) is 96.5. The zero-order valence-electron chi connectivity index (χ0n) is 97.7. The molecule has 30 heteroatoms. The van der Waals surface area contributed by atoms with Crippen molar-refractivity contribution < 1.29 is 57.5 Å². The second-order valence-electron chi connectivity index (χ2n) is 39.7. The number of likely N-dealkylation sites (N-methyl/N-ethyl adjacent to an activating group) is 5. The van der Waals surface area contributed by atoms with E-state index in [1.54, 1.807) is 140 Å². The van der Waals surface area contributed by atoms with Crippen molar-refractivity contribution >= 4 is 88.1 Å². The standard InChI is InChI=1S/C12H23NO.C11H20N2O.3C11H14N2O.C11H19NO.C10H20N2O.C10H19NO.C9H17NO.C8H15NO.C7H10N2O.C7H13NO/c1-9(2)7-8-12(14)13(10(3)4)11(5)6;1-10(2)4-5-11(14)13-8-6-12(3)7-9-13;1-9(2)3-4-11(14)13-10-5-7-12-8-6-10;1-9(2)5-6-11(14)13-10-4-3-7-12-8-10;1-9(2)6-7-11(14)13-10-5-3-4-8-12-10;1-10(2)6-7-11(13)12-8-4-3-5-9-12;1-9(2)5-6-10(13)11-7-8-12(3)4;1-5-11(6-2)10(12)8-7-9(3)4;1-7(2)5-6-9(11)10-8(3)4;1-4-9-8(10)6-5-7(2)3;1-6(2)4-5-7(10)9-8-3;1-6(2)4-5-7(9)8-3/h7-11H,1-6H3;4-5,10H,6-9H2,1-3H3;3-9H,1-2H3,(H,12,13,14);3-9H,1-2H3,(H,13,14);3-9H,1-2H3,(H,12,13,14);6-7,10H,3-5,8-9H2,1-2H3;5-6,9H,7-8H2,1-4H3,(H,11,13);7-9H,5-6H2,1-4H3;5-8H,1-4H3,(H,10,11);5-7H,4H2,1-3H3,(H,9,10);4-6H,1-2H3,(H,9,10);4-6H,1-3H3,(H,8,9)/b8-7+;5-4+;4-3+;6-5+;2*7-6+;6-5+;8-7+;2*6-5+;2*5-4+. The topological polar surface area (TPSA) is 364 Å². The molecule has 2 aliphatic rings. The highest BCUT2D eigenvalue weighted by molar-refractivity contribution is 6.00. The molecule has 8 N–H and O–H groups in total. The average molecular weight is 2060 g/mol. The molecule has 5 heterocycles. The van der Waals surface area contributed by atoms with Gasteiger partial charge >= 0.3 is 5.91 Å². The van der Waals surface area contributed by atoms with Gasteiger partial charge in [-0.2, -0.15) is 11.5 Å². The summed E-state index contributed by atoms with van der Waals surface area (Å²) < 4.78 is 0. The van der Waals surface area contributed by atoms with Gasteiger partial charge in [0.25, 0.3) is 0 Å². The predicted octanol–water partition coefficient (Wildman–Crippen LogP) is 20.8. The van der Waals surface area contributed by atoms with Crippen LogP contribution in [0.4, 0.5) is 17.2 Å². The molecular weight excluding hydrogens is 1860 g/mol. The molecule has 0 saturated carbocycles. The number of allylic oxidation sites excluding steroid dienone is 12. The van der Waals surface area contributed by atoms with Gasteiger partial charge in [0.05, 0.1) is 11.9 Å². The van der Waals surface area contributed by atoms with Crippen LogP contribution in [-0.4, -0.2) is 234 Å². The number of likely N-dealkylation sites (tertiary alicyclic amines) is 1. The monoisotopic (exact) mass is 2060 g/mol. The minimum absolute atomic E-state index is 0.00352. The number of carbonyl (C=O) groups excluding carboxylic acids is 12. The minimum atomic E-state index is -0.358. The number of carbonyl (C=O) groups is 12. The fourth-order valence-electron chi connectivity index (χ4n) is 10.6. The molecule has 0 spiro atoms. The Morgan fingerprint density at radius 3 is 1.08 bits per heavy atom. The van der Waals surface area contributed by atoms with Gasteiger partial charge in [-0.3, -0.25) is 67.5 Å². The van der Waals surface area contributed by atoms with Crippen LogP contribution in [-0.2, 0) is 57.5 Å². The van der Waals surface area contributed by atoms with E-state index in [0.29, 0.717) is 95.6 Å². The number of hydrogen-bond acceptors (Lipinski definition) is 17. The molecular formula is C118H198N18O12. The van der Waals surface area contributed by atoms with Crippen molar-refractivity contribution in [1.29, 1.82) is 0 Å². The summed E-state index contributed by atoms with van der Waals surface area (Å²) in [5, 5.41) is 18.8. The maximum absolute atomic E-state index is 11.8. The van der Waals surface area contributed by atoms with Crippen LogP contribution < -0.4 is 42.6 Å². The lowest BCUT2D eigenvalue weighted by molar-refractivity contribution is -0.130. The van der Waals surface area contributed by atoms with Crippen molar-refractivity contribution in [3.8, 4) is 0 Å². The fourth-order valence-corrected chi connectivity index (χ4v) is 10.6. The van der Waals surface area contributed by atoms with Gasteiger partial charge in [0, 0.05) is 134 Å². The molecule has 3 aromatic heterocycles. The summed E-state index contributed by atoms with van der Waals surface area (Å²) in [6.07, 6.45) is 53.5. The predicted molar refractivity (Wildman–Crippen MR) is 618 cm³/mol. The maximum Gasteiger partial charge on any atom is 0.311 e. The average Bonchev–Trinajstić information content (AvgIpc) is 0.907. The van der Waals surface area contributed by atoms with E-state index in [-0.39, 0.29) is 89.0 Å². The third-order valence-electron chi connectivity index (χ3n) is 18.3. The third-order valence-corrected chi connectivity index (χ3v) is 18.3. The lowest BCUT2D eigenvalue weighted by Crippen LogP contribution is -2.46. The summed E-state index contributed by atoms with van der Waals surface area (Å²) in [6.45, 7) is 82.6. The van der Waals surface area contributed by atoms with E-state index in [2.05, 4.69) is 124 Å². The molecule has 0 aliphatic carbocycles. The van der Waals surface area contributed by atoms with Crippen molar-refractivity contribution in [3.05, 3.63) is 231 Å². The van der Waals surface area contributed by atoms with E-state index in [4.69, 9.17) is 6.57 Å². The largest absolute Gasteiger partial charge is 0.356 e. The number of amides is 12. The SMILES string of the molecule is CC(C)/C=C/C(=O)N(C(C)C)C(C)C.CC(C)/C=C/C(=O)N1CCCCC1.CC(C)/C=C/C(=O)N1CCN(C)CC1.CC(C)/C=C/C(=O)NC(C)C.CC(C)/C=C/C(=O)NCCN(C)C.CC(C)/C=C/C(=O)Nc1ccccn1.CC(C)/C=C/C(=O)Nc1cccnc1.CC(C)/C=C/C(=O)Nc1ccncc1.CCN(CC)C(=O)/C=C/C(C)C.CCNC(=O)/C=C/C(C)C.CNC(=O)/C=C/C(C)C.[C-]#[N+]NC(=O)/C=C/C(C)C. The summed E-state index contributed by atoms with van der Waals surface area (Å²) >= 11 is 0. The minimum Gasteiger partial charge on any atom is -0.356 e. The Hall–Kier alpha value is -12.6. The first-order valence-corrected chi connectivity index (χ1v) is 52.4. The number of nitrogens with one attached hydrogen (secondary N) is 8. The molecule has 0 atom stereocenters. The lowest BCUT2D eigenvalue weighted by atomic mass is 10.1. The Bertz CT molecular complexity index is 4260. The first-order valence-electron chi connectivity index (χ1n) is 52.4. The van der Waals surface area contributed by atoms with Crippen LogP contribution in [0.2, 0.25) is 0 Å². The molecule has 2 fully saturated rings. The Morgan fingerprint density at radius 2 is 0.730 bits per heavy atom. The number of pyridine rings is 3. The van der Waals surface area contributed by atoms with E-state index >= 15 is 0 Å². The lowest BCUT2D eigenvalue weighted by Gasteiger charge is -2.31. The first kappa shape index (κ1) is 148. The Balaban J connectivity index is -0.000000294. The Morgan fingerprint density at radius 1 is 0.372 bits per heavy atom. The van der Waals surface area contributed by atoms with Crippen LogP contribution in [0.25, 0.3) is 4.95 Å². The number of nitrogens with zero attached hydrogens (tertiary/aromatic N) is 10. The van der Waals surface area contributed by atoms with Gasteiger partial charge in [0.15, 0.2) is 0 Å². The zero-order valence-corrected chi connectivity index (χ0v) is 97.7. The molecule has 12 amide bonds. The van der Waals surface area contributed by atoms with Gasteiger partial charge in [-0.1, -0.05) is 245 Å².